The summed E-state index contributed by atoms with van der Waals surface area (Å²) in [6, 6.07) is 5.30. The molecule has 0 fully saturated rings. The van der Waals surface area contributed by atoms with Crippen molar-refractivity contribution in [3.05, 3.63) is 52.5 Å². The lowest BCUT2D eigenvalue weighted by Crippen LogP contribution is -1.92. The fourth-order valence-corrected chi connectivity index (χ4v) is 1.56. The predicted molar refractivity (Wildman–Crippen MR) is 67.3 cm³/mol. The number of benzene rings is 1. The molecule has 0 aliphatic carbocycles. The van der Waals surface area contributed by atoms with Crippen molar-refractivity contribution in [3.8, 4) is 0 Å². The molecule has 0 spiro atoms. The zero-order valence-corrected chi connectivity index (χ0v) is 9.64. The molecule has 0 radical (unpaired) electrons. The van der Waals surface area contributed by atoms with E-state index in [1.165, 1.54) is 6.08 Å². The van der Waals surface area contributed by atoms with Gasteiger partial charge >= 0.3 is 11.7 Å². The number of carbonyl (C=O) groups is 1. The van der Waals surface area contributed by atoms with E-state index in [-0.39, 0.29) is 0 Å². The van der Waals surface area contributed by atoms with Crippen LogP contribution in [0.15, 0.2) is 45.6 Å². The summed E-state index contributed by atoms with van der Waals surface area (Å²) in [6.07, 6.45) is 4.19. The molecule has 92 valence electrons. The van der Waals surface area contributed by atoms with Crippen LogP contribution in [0, 0.1) is 0 Å². The van der Waals surface area contributed by atoms with E-state index in [1.54, 1.807) is 18.2 Å². The smallest absolute Gasteiger partial charge is 0.417 e. The summed E-state index contributed by atoms with van der Waals surface area (Å²) in [5, 5.41) is 8.47. The van der Waals surface area contributed by atoms with Crippen LogP contribution in [0.3, 0.4) is 0 Å². The van der Waals surface area contributed by atoms with Crippen LogP contribution >= 0.6 is 0 Å². The number of hydrogen-bond acceptors (Lipinski definition) is 3. The molecule has 1 heterocycles. The Morgan fingerprint density at radius 3 is 2.94 bits per heavy atom. The van der Waals surface area contributed by atoms with Crippen molar-refractivity contribution in [1.29, 1.82) is 0 Å². The highest BCUT2D eigenvalue weighted by Crippen LogP contribution is 2.19. The van der Waals surface area contributed by atoms with Gasteiger partial charge in [-0.3, -0.25) is 4.98 Å². The minimum atomic E-state index is -0.994. The number of oxazole rings is 1. The zero-order chi connectivity index (χ0) is 13.1. The second-order valence-electron chi connectivity index (χ2n) is 3.77. The standard InChI is InChI=1S/C13H11NO4/c1-8(3-2-4-12(15)16)9-5-6-10-11(7-9)18-13(17)14-10/h2-7H,1H3,(H,14,17)(H,15,16)/b4-2+,8-3+. The molecule has 1 aromatic carbocycles. The lowest BCUT2D eigenvalue weighted by molar-refractivity contribution is -0.131. The lowest BCUT2D eigenvalue weighted by Gasteiger charge is -1.99. The van der Waals surface area contributed by atoms with Gasteiger partial charge in [0.05, 0.1) is 5.52 Å². The van der Waals surface area contributed by atoms with E-state index in [0.717, 1.165) is 17.2 Å². The van der Waals surface area contributed by atoms with Gasteiger partial charge in [-0.1, -0.05) is 18.2 Å². The molecular formula is C13H11NO4. The molecule has 5 nitrogen and oxygen atoms in total. The number of H-pyrrole nitrogens is 1. The topological polar surface area (TPSA) is 83.3 Å². The monoisotopic (exact) mass is 245 g/mol. The normalized spacial score (nSPS) is 12.4. The van der Waals surface area contributed by atoms with E-state index in [1.807, 2.05) is 13.0 Å². The number of aliphatic carboxylic acids is 1. The minimum Gasteiger partial charge on any atom is -0.478 e. The highest BCUT2D eigenvalue weighted by Gasteiger charge is 2.02. The summed E-state index contributed by atoms with van der Waals surface area (Å²) in [7, 11) is 0. The number of carboxylic acids is 1. The van der Waals surface area contributed by atoms with Crippen LogP contribution in [0.1, 0.15) is 12.5 Å². The number of nitrogens with one attached hydrogen (secondary N) is 1. The fourth-order valence-electron chi connectivity index (χ4n) is 1.56. The molecule has 1 aromatic heterocycles. The maximum atomic E-state index is 11.0. The maximum absolute atomic E-state index is 11.0. The number of hydrogen-bond donors (Lipinski definition) is 2. The average Bonchev–Trinajstić information content (AvgIpc) is 2.67. The van der Waals surface area contributed by atoms with Gasteiger partial charge in [0, 0.05) is 6.08 Å². The van der Waals surface area contributed by atoms with Gasteiger partial charge in [-0.2, -0.15) is 0 Å². The molecule has 0 aliphatic heterocycles. The number of allylic oxidation sites excluding steroid dienone is 3. The van der Waals surface area contributed by atoms with Gasteiger partial charge in [0.1, 0.15) is 0 Å². The van der Waals surface area contributed by atoms with Crippen LogP contribution < -0.4 is 5.76 Å². The van der Waals surface area contributed by atoms with Crippen LogP contribution in [-0.4, -0.2) is 16.1 Å². The third kappa shape index (κ3) is 2.57. The second kappa shape index (κ2) is 4.75. The molecule has 0 unspecified atom stereocenters. The first kappa shape index (κ1) is 11.9. The van der Waals surface area contributed by atoms with Crippen LogP contribution in [0.25, 0.3) is 16.7 Å². The summed E-state index contributed by atoms with van der Waals surface area (Å²) in [6.45, 7) is 1.85. The Bertz CT molecular complexity index is 703. The van der Waals surface area contributed by atoms with Crippen molar-refractivity contribution in [1.82, 2.24) is 4.98 Å². The number of fused-ring (bicyclic) bond motifs is 1. The summed E-state index contributed by atoms with van der Waals surface area (Å²) < 4.78 is 4.95. The molecule has 2 aromatic rings. The zero-order valence-electron chi connectivity index (χ0n) is 9.64. The van der Waals surface area contributed by atoms with E-state index in [2.05, 4.69) is 4.98 Å². The van der Waals surface area contributed by atoms with Gasteiger partial charge in [-0.15, -0.1) is 0 Å². The minimum absolute atomic E-state index is 0.479. The van der Waals surface area contributed by atoms with E-state index >= 15 is 0 Å². The quantitative estimate of drug-likeness (QED) is 0.641. The molecule has 0 saturated heterocycles. The number of carboxylic acid groups (broad SMARTS) is 1. The maximum Gasteiger partial charge on any atom is 0.417 e. The number of rotatable bonds is 3. The van der Waals surface area contributed by atoms with Gasteiger partial charge in [0.25, 0.3) is 0 Å². The van der Waals surface area contributed by atoms with Crippen molar-refractivity contribution < 1.29 is 14.3 Å². The molecule has 18 heavy (non-hydrogen) atoms. The van der Waals surface area contributed by atoms with E-state index in [9.17, 15) is 9.59 Å². The Balaban J connectivity index is 2.35. The van der Waals surface area contributed by atoms with Crippen molar-refractivity contribution in [2.75, 3.05) is 0 Å². The van der Waals surface area contributed by atoms with Gasteiger partial charge < -0.3 is 9.52 Å². The second-order valence-corrected chi connectivity index (χ2v) is 3.77. The number of aromatic nitrogens is 1. The highest BCUT2D eigenvalue weighted by molar-refractivity contribution is 5.82. The molecule has 5 heteroatoms. The molecule has 0 amide bonds. The summed E-state index contributed by atoms with van der Waals surface area (Å²) in [4.78, 5) is 23.9. The van der Waals surface area contributed by atoms with Gasteiger partial charge in [-0.05, 0) is 30.2 Å². The molecule has 0 aliphatic rings. The Kier molecular flexibility index (Phi) is 3.14. The Labute approximate surface area is 102 Å². The van der Waals surface area contributed by atoms with Crippen molar-refractivity contribution in [3.63, 3.8) is 0 Å². The number of aromatic amines is 1. The Morgan fingerprint density at radius 1 is 1.44 bits per heavy atom. The fraction of sp³-hybridized carbons (Fsp3) is 0.0769. The van der Waals surface area contributed by atoms with Crippen LogP contribution in [0.5, 0.6) is 0 Å². The van der Waals surface area contributed by atoms with E-state index < -0.39 is 11.7 Å². The molecule has 0 atom stereocenters. The molecule has 2 N–H and O–H groups in total. The summed E-state index contributed by atoms with van der Waals surface area (Å²) >= 11 is 0. The SMILES string of the molecule is C/C(=C\C=C\C(=O)O)c1ccc2[nH]c(=O)oc2c1. The molecular weight excluding hydrogens is 234 g/mol. The van der Waals surface area contributed by atoms with E-state index in [4.69, 9.17) is 9.52 Å². The molecule has 0 bridgehead atoms. The van der Waals surface area contributed by atoms with Crippen LogP contribution in [0.4, 0.5) is 0 Å². The average molecular weight is 245 g/mol. The molecule has 2 rings (SSSR count). The third-order valence-corrected chi connectivity index (χ3v) is 2.46. The summed E-state index contributed by atoms with van der Waals surface area (Å²) in [5.41, 5.74) is 2.85. The third-order valence-electron chi connectivity index (χ3n) is 2.46. The van der Waals surface area contributed by atoms with Crippen molar-refractivity contribution in [2.45, 2.75) is 6.92 Å². The first-order chi connectivity index (χ1) is 8.56. The Morgan fingerprint density at radius 2 is 2.22 bits per heavy atom. The van der Waals surface area contributed by atoms with Crippen molar-refractivity contribution >= 4 is 22.6 Å². The largest absolute Gasteiger partial charge is 0.478 e. The first-order valence-corrected chi connectivity index (χ1v) is 5.27. The predicted octanol–water partition coefficient (Wildman–Crippen LogP) is 2.17. The Hall–Kier alpha value is -2.56. The van der Waals surface area contributed by atoms with Gasteiger partial charge in [0.15, 0.2) is 5.58 Å². The molecule has 0 saturated carbocycles. The van der Waals surface area contributed by atoms with Gasteiger partial charge in [-0.25, -0.2) is 9.59 Å². The first-order valence-electron chi connectivity index (χ1n) is 5.27. The lowest BCUT2D eigenvalue weighted by atomic mass is 10.1. The van der Waals surface area contributed by atoms with Crippen LogP contribution in [0.2, 0.25) is 0 Å². The highest BCUT2D eigenvalue weighted by atomic mass is 16.4. The summed E-state index contributed by atoms with van der Waals surface area (Å²) in [5.74, 6) is -1.49. The van der Waals surface area contributed by atoms with Crippen LogP contribution in [-0.2, 0) is 4.79 Å². The van der Waals surface area contributed by atoms with E-state index in [0.29, 0.717) is 11.1 Å². The van der Waals surface area contributed by atoms with Gasteiger partial charge in [0.2, 0.25) is 0 Å². The van der Waals surface area contributed by atoms with Crippen molar-refractivity contribution in [2.24, 2.45) is 0 Å².